The average molecular weight is 703 g/mol. The molecule has 0 saturated carbocycles. The van der Waals surface area contributed by atoms with Gasteiger partial charge < -0.3 is 25.0 Å². The van der Waals surface area contributed by atoms with Crippen LogP contribution in [-0.4, -0.2) is 62.6 Å². The number of aromatic nitrogens is 2. The SMILES string of the molecule is Br.Br.Br.CCCN(CCCCCCNCCSc1nccn1C)[C@H]1CCc2c(ccc(O)c2O)C1. The summed E-state index contributed by atoms with van der Waals surface area (Å²) in [5.41, 5.74) is 2.15. The molecule has 3 rings (SSSR count). The molecule has 1 atom stereocenters. The van der Waals surface area contributed by atoms with E-state index in [1.165, 1.54) is 37.7 Å². The molecule has 0 fully saturated rings. The van der Waals surface area contributed by atoms with E-state index in [-0.39, 0.29) is 62.4 Å². The topological polar surface area (TPSA) is 73.6 Å². The summed E-state index contributed by atoms with van der Waals surface area (Å²) in [4.78, 5) is 6.99. The van der Waals surface area contributed by atoms with E-state index in [1.54, 1.807) is 17.8 Å². The normalized spacial score (nSPS) is 14.5. The Morgan fingerprint density at radius 2 is 1.86 bits per heavy atom. The van der Waals surface area contributed by atoms with E-state index in [1.807, 2.05) is 25.5 Å². The smallest absolute Gasteiger partial charge is 0.167 e. The summed E-state index contributed by atoms with van der Waals surface area (Å²) in [6.07, 6.45) is 12.9. The molecule has 6 nitrogen and oxygen atoms in total. The van der Waals surface area contributed by atoms with Crippen LogP contribution in [0.5, 0.6) is 11.5 Å². The molecule has 1 aliphatic carbocycles. The fraction of sp³-hybridized carbons (Fsp3) is 0.640. The molecule has 10 heteroatoms. The number of hydrogen-bond donors (Lipinski definition) is 3. The van der Waals surface area contributed by atoms with Gasteiger partial charge in [0.15, 0.2) is 16.7 Å². The summed E-state index contributed by atoms with van der Waals surface area (Å²) in [6, 6.07) is 4.17. The van der Waals surface area contributed by atoms with Gasteiger partial charge in [0, 0.05) is 43.3 Å². The van der Waals surface area contributed by atoms with E-state index in [4.69, 9.17) is 0 Å². The number of unbranched alkanes of at least 4 members (excludes halogenated alkanes) is 3. The van der Waals surface area contributed by atoms with E-state index in [0.29, 0.717) is 6.04 Å². The zero-order valence-electron chi connectivity index (χ0n) is 20.9. The van der Waals surface area contributed by atoms with Crippen molar-refractivity contribution >= 4 is 62.7 Å². The molecule has 0 unspecified atom stereocenters. The maximum atomic E-state index is 10.1. The van der Waals surface area contributed by atoms with Crippen molar-refractivity contribution in [1.82, 2.24) is 19.8 Å². The van der Waals surface area contributed by atoms with E-state index >= 15 is 0 Å². The standard InChI is InChI=1S/C25H40N4O2S.3BrH/c1-3-15-29(21-9-10-22-20(19-21)8-11-23(30)24(22)31)16-7-5-4-6-12-26-14-18-32-25-27-13-17-28(25)2;;;/h8,11,13,17,21,26,30-31H,3-7,9-10,12,14-16,18-19H2,1-2H3;3*1H/t21-;;;/m0.../s1. The molecule has 0 bridgehead atoms. The highest BCUT2D eigenvalue weighted by Crippen LogP contribution is 2.36. The van der Waals surface area contributed by atoms with Crippen molar-refractivity contribution in [3.63, 3.8) is 0 Å². The second-order valence-corrected chi connectivity index (χ2v) is 9.90. The van der Waals surface area contributed by atoms with E-state index in [0.717, 1.165) is 61.9 Å². The first-order valence-corrected chi connectivity index (χ1v) is 13.2. The highest BCUT2D eigenvalue weighted by atomic mass is 79.9. The van der Waals surface area contributed by atoms with Crippen molar-refractivity contribution in [1.29, 1.82) is 0 Å². The summed E-state index contributed by atoms with van der Waals surface area (Å²) in [5, 5.41) is 24.5. The number of phenols is 2. The summed E-state index contributed by atoms with van der Waals surface area (Å²) in [5.74, 6) is 1.15. The number of rotatable bonds is 14. The number of phenolic OH excluding ortho intramolecular Hbond substituents is 2. The Hall–Kier alpha value is -0.260. The summed E-state index contributed by atoms with van der Waals surface area (Å²) < 4.78 is 2.06. The number of nitrogens with zero attached hydrogens (tertiary/aromatic N) is 3. The largest absolute Gasteiger partial charge is 0.504 e. The molecule has 3 N–H and O–H groups in total. The molecule has 35 heavy (non-hydrogen) atoms. The van der Waals surface area contributed by atoms with Crippen molar-refractivity contribution in [2.45, 2.75) is 69.5 Å². The van der Waals surface area contributed by atoms with Gasteiger partial charge in [0.25, 0.3) is 0 Å². The van der Waals surface area contributed by atoms with Gasteiger partial charge in [0.1, 0.15) is 0 Å². The van der Waals surface area contributed by atoms with Gasteiger partial charge in [-0.2, -0.15) is 0 Å². The molecule has 0 radical (unpaired) electrons. The third-order valence-electron chi connectivity index (χ3n) is 6.40. The molecule has 2 aromatic rings. The predicted molar refractivity (Wildman–Crippen MR) is 164 cm³/mol. The van der Waals surface area contributed by atoms with E-state index in [9.17, 15) is 10.2 Å². The number of aromatic hydroxyl groups is 2. The Morgan fingerprint density at radius 3 is 2.57 bits per heavy atom. The summed E-state index contributed by atoms with van der Waals surface area (Å²) >= 11 is 1.80. The maximum Gasteiger partial charge on any atom is 0.167 e. The predicted octanol–water partition coefficient (Wildman–Crippen LogP) is 6.08. The first kappa shape index (κ1) is 34.7. The second-order valence-electron chi connectivity index (χ2n) is 8.84. The van der Waals surface area contributed by atoms with Crippen LogP contribution in [-0.2, 0) is 19.9 Å². The lowest BCUT2D eigenvalue weighted by atomic mass is 9.86. The second kappa shape index (κ2) is 18.9. The highest BCUT2D eigenvalue weighted by Gasteiger charge is 2.26. The molecule has 0 saturated heterocycles. The number of halogens is 3. The van der Waals surface area contributed by atoms with Gasteiger partial charge in [-0.3, -0.25) is 0 Å². The van der Waals surface area contributed by atoms with Crippen molar-refractivity contribution in [3.05, 3.63) is 35.7 Å². The molecule has 1 heterocycles. The van der Waals surface area contributed by atoms with Crippen LogP contribution in [0.2, 0.25) is 0 Å². The van der Waals surface area contributed by atoms with Crippen LogP contribution in [0.1, 0.15) is 56.6 Å². The first-order valence-electron chi connectivity index (χ1n) is 12.2. The molecule has 202 valence electrons. The Morgan fingerprint density at radius 1 is 1.09 bits per heavy atom. The van der Waals surface area contributed by atoms with Gasteiger partial charge in [0.2, 0.25) is 0 Å². The number of imidazole rings is 1. The van der Waals surface area contributed by atoms with Gasteiger partial charge in [0.05, 0.1) is 0 Å². The quantitative estimate of drug-likeness (QED) is 0.126. The molecular weight excluding hydrogens is 660 g/mol. The highest BCUT2D eigenvalue weighted by molar-refractivity contribution is 8.93. The van der Waals surface area contributed by atoms with Gasteiger partial charge in [-0.25, -0.2) is 4.98 Å². The molecule has 1 aromatic heterocycles. The Bertz CT molecular complexity index is 841. The van der Waals surface area contributed by atoms with Gasteiger partial charge in [-0.1, -0.05) is 37.6 Å². The maximum absolute atomic E-state index is 10.1. The molecule has 1 aliphatic rings. The monoisotopic (exact) mass is 700 g/mol. The number of hydrogen-bond acceptors (Lipinski definition) is 6. The Balaban J connectivity index is 0.00000385. The molecular formula is C25H43Br3N4O2S. The number of nitrogens with one attached hydrogen (secondary N) is 1. The number of benzene rings is 1. The zero-order valence-corrected chi connectivity index (χ0v) is 26.9. The van der Waals surface area contributed by atoms with E-state index in [2.05, 4.69) is 26.7 Å². The van der Waals surface area contributed by atoms with Crippen LogP contribution in [0, 0.1) is 0 Å². The Kier molecular flexibility index (Phi) is 18.8. The molecule has 1 aromatic carbocycles. The van der Waals surface area contributed by atoms with Crippen LogP contribution < -0.4 is 5.32 Å². The average Bonchev–Trinajstić information content (AvgIpc) is 3.21. The molecule has 0 aliphatic heterocycles. The third kappa shape index (κ3) is 10.9. The molecule has 0 spiro atoms. The van der Waals surface area contributed by atoms with Crippen LogP contribution in [0.3, 0.4) is 0 Å². The van der Waals surface area contributed by atoms with Crippen molar-refractivity contribution in [2.24, 2.45) is 7.05 Å². The van der Waals surface area contributed by atoms with Crippen molar-refractivity contribution < 1.29 is 10.2 Å². The summed E-state index contributed by atoms with van der Waals surface area (Å²) in [6.45, 7) is 6.67. The molecule has 0 amide bonds. The van der Waals surface area contributed by atoms with Gasteiger partial charge >= 0.3 is 0 Å². The van der Waals surface area contributed by atoms with E-state index < -0.39 is 0 Å². The minimum atomic E-state index is 0. The number of aryl methyl sites for hydroxylation is 1. The Labute approximate surface area is 247 Å². The number of thioether (sulfide) groups is 1. The minimum Gasteiger partial charge on any atom is -0.504 e. The fourth-order valence-electron chi connectivity index (χ4n) is 4.63. The van der Waals surface area contributed by atoms with Crippen LogP contribution in [0.15, 0.2) is 29.7 Å². The van der Waals surface area contributed by atoms with Gasteiger partial charge in [-0.15, -0.1) is 50.9 Å². The van der Waals surface area contributed by atoms with Crippen molar-refractivity contribution in [2.75, 3.05) is 31.9 Å². The lowest BCUT2D eigenvalue weighted by Gasteiger charge is -2.35. The van der Waals surface area contributed by atoms with Gasteiger partial charge in [-0.05, 0) is 69.8 Å². The minimum absolute atomic E-state index is 0. The van der Waals surface area contributed by atoms with Crippen LogP contribution in [0.25, 0.3) is 0 Å². The number of fused-ring (bicyclic) bond motifs is 1. The summed E-state index contributed by atoms with van der Waals surface area (Å²) in [7, 11) is 2.04. The van der Waals surface area contributed by atoms with Crippen LogP contribution >= 0.6 is 62.7 Å². The fourth-order valence-corrected chi connectivity index (χ4v) is 5.46. The lowest BCUT2D eigenvalue weighted by Crippen LogP contribution is -2.40. The van der Waals surface area contributed by atoms with Crippen molar-refractivity contribution in [3.8, 4) is 11.5 Å². The third-order valence-corrected chi connectivity index (χ3v) is 7.46. The van der Waals surface area contributed by atoms with Crippen LogP contribution in [0.4, 0.5) is 0 Å². The zero-order chi connectivity index (χ0) is 22.8. The lowest BCUT2D eigenvalue weighted by molar-refractivity contribution is 0.175. The first-order chi connectivity index (χ1) is 15.6.